The summed E-state index contributed by atoms with van der Waals surface area (Å²) >= 11 is 1.78. The van der Waals surface area contributed by atoms with Gasteiger partial charge in [0.25, 0.3) is 0 Å². The zero-order chi connectivity index (χ0) is 14.8. The second kappa shape index (κ2) is 6.34. The Morgan fingerprint density at radius 1 is 1.38 bits per heavy atom. The van der Waals surface area contributed by atoms with Gasteiger partial charge >= 0.3 is 5.97 Å². The molecular weight excluding hydrogens is 284 g/mol. The Labute approximate surface area is 130 Å². The molecule has 1 unspecified atom stereocenters. The number of fused-ring (bicyclic) bond motifs is 1. The number of aromatic nitrogens is 1. The predicted octanol–water partition coefficient (Wildman–Crippen LogP) is 3.36. The average Bonchev–Trinajstić information content (AvgIpc) is 2.97. The Hall–Kier alpha value is -1.10. The summed E-state index contributed by atoms with van der Waals surface area (Å²) in [4.78, 5) is 20.5. The van der Waals surface area contributed by atoms with Crippen LogP contribution in [0.4, 0.5) is 5.13 Å². The number of esters is 1. The van der Waals surface area contributed by atoms with E-state index >= 15 is 0 Å². The summed E-state index contributed by atoms with van der Waals surface area (Å²) < 4.78 is 5.18. The Morgan fingerprint density at radius 2 is 2.19 bits per heavy atom. The molecule has 2 aliphatic carbocycles. The Kier molecular flexibility index (Phi) is 4.48. The third kappa shape index (κ3) is 2.93. The van der Waals surface area contributed by atoms with E-state index in [-0.39, 0.29) is 11.9 Å². The highest BCUT2D eigenvalue weighted by Crippen LogP contribution is 2.40. The van der Waals surface area contributed by atoms with Crippen molar-refractivity contribution < 1.29 is 9.53 Å². The fraction of sp³-hybridized carbons (Fsp3) is 0.750. The lowest BCUT2D eigenvalue weighted by atomic mass is 9.85. The molecule has 0 spiro atoms. The monoisotopic (exact) mass is 308 g/mol. The number of hydrogen-bond donors (Lipinski definition) is 0. The summed E-state index contributed by atoms with van der Waals surface area (Å²) in [5, 5.41) is 1.10. The highest BCUT2D eigenvalue weighted by atomic mass is 32.1. The van der Waals surface area contributed by atoms with Gasteiger partial charge in [0.1, 0.15) is 5.92 Å². The van der Waals surface area contributed by atoms with Crippen molar-refractivity contribution in [3.63, 3.8) is 0 Å². The lowest BCUT2D eigenvalue weighted by molar-refractivity contribution is -0.145. The van der Waals surface area contributed by atoms with E-state index in [2.05, 4.69) is 11.8 Å². The molecule has 4 nitrogen and oxygen atoms in total. The largest absolute Gasteiger partial charge is 0.465 e. The first-order chi connectivity index (χ1) is 10.2. The lowest BCUT2D eigenvalue weighted by Crippen LogP contribution is -2.32. The van der Waals surface area contributed by atoms with Crippen molar-refractivity contribution in [2.45, 2.75) is 51.9 Å². The van der Waals surface area contributed by atoms with Crippen molar-refractivity contribution in [3.8, 4) is 0 Å². The number of carbonyl (C=O) groups excluding carboxylic acids is 1. The van der Waals surface area contributed by atoms with Crippen LogP contribution in [0.25, 0.3) is 0 Å². The number of anilines is 1. The molecule has 5 heteroatoms. The molecule has 0 N–H and O–H groups in total. The van der Waals surface area contributed by atoms with Crippen LogP contribution in [0.15, 0.2) is 0 Å². The van der Waals surface area contributed by atoms with Gasteiger partial charge < -0.3 is 9.64 Å². The van der Waals surface area contributed by atoms with E-state index in [0.29, 0.717) is 6.61 Å². The van der Waals surface area contributed by atoms with Crippen LogP contribution in [0.2, 0.25) is 0 Å². The summed E-state index contributed by atoms with van der Waals surface area (Å²) in [7, 11) is 0. The molecule has 1 heterocycles. The second-order valence-electron chi connectivity index (χ2n) is 5.98. The highest BCUT2D eigenvalue weighted by Gasteiger charge is 2.34. The van der Waals surface area contributed by atoms with Gasteiger partial charge in [0.05, 0.1) is 12.3 Å². The SMILES string of the molecule is CCOC(=O)C1CCc2sc(N(CC)CC3CCC3)nc21. The van der Waals surface area contributed by atoms with Gasteiger partial charge in [0, 0.05) is 18.0 Å². The first-order valence-electron chi connectivity index (χ1n) is 8.14. The maximum absolute atomic E-state index is 12.0. The summed E-state index contributed by atoms with van der Waals surface area (Å²) in [5.74, 6) is 0.604. The van der Waals surface area contributed by atoms with Gasteiger partial charge in [-0.15, -0.1) is 11.3 Å². The van der Waals surface area contributed by atoms with Crippen LogP contribution in [0.1, 0.15) is 56.0 Å². The molecule has 21 heavy (non-hydrogen) atoms. The van der Waals surface area contributed by atoms with E-state index in [1.807, 2.05) is 6.92 Å². The fourth-order valence-electron chi connectivity index (χ4n) is 3.15. The molecule has 0 radical (unpaired) electrons. The Morgan fingerprint density at radius 3 is 2.81 bits per heavy atom. The number of hydrogen-bond acceptors (Lipinski definition) is 5. The van der Waals surface area contributed by atoms with Gasteiger partial charge in [-0.3, -0.25) is 4.79 Å². The molecule has 0 aliphatic heterocycles. The van der Waals surface area contributed by atoms with Crippen molar-refractivity contribution in [3.05, 3.63) is 10.6 Å². The van der Waals surface area contributed by atoms with Crippen LogP contribution in [-0.4, -0.2) is 30.6 Å². The maximum atomic E-state index is 12.0. The fourth-order valence-corrected chi connectivity index (χ4v) is 4.36. The van der Waals surface area contributed by atoms with Crippen molar-refractivity contribution in [2.75, 3.05) is 24.6 Å². The molecule has 1 atom stereocenters. The van der Waals surface area contributed by atoms with Crippen molar-refractivity contribution in [1.29, 1.82) is 0 Å². The molecule has 0 saturated heterocycles. The predicted molar refractivity (Wildman–Crippen MR) is 85.0 cm³/mol. The van der Waals surface area contributed by atoms with E-state index in [9.17, 15) is 4.79 Å². The van der Waals surface area contributed by atoms with Gasteiger partial charge in [-0.05, 0) is 45.4 Å². The standard InChI is InChI=1S/C16H24N2O2S/c1-3-18(10-11-6-5-7-11)16-17-14-12(15(19)20-4-2)8-9-13(14)21-16/h11-12H,3-10H2,1-2H3. The van der Waals surface area contributed by atoms with Crippen LogP contribution >= 0.6 is 11.3 Å². The molecule has 1 fully saturated rings. The van der Waals surface area contributed by atoms with E-state index in [0.717, 1.165) is 42.7 Å². The van der Waals surface area contributed by atoms with E-state index < -0.39 is 0 Å². The maximum Gasteiger partial charge on any atom is 0.315 e. The van der Waals surface area contributed by atoms with Crippen molar-refractivity contribution in [1.82, 2.24) is 4.98 Å². The topological polar surface area (TPSA) is 42.4 Å². The molecule has 0 aromatic carbocycles. The Bertz CT molecular complexity index is 510. The number of carbonyl (C=O) groups is 1. The zero-order valence-electron chi connectivity index (χ0n) is 12.9. The number of nitrogens with zero attached hydrogens (tertiary/aromatic N) is 2. The molecule has 3 rings (SSSR count). The van der Waals surface area contributed by atoms with Gasteiger partial charge in [0.2, 0.25) is 0 Å². The van der Waals surface area contributed by atoms with Gasteiger partial charge in [-0.1, -0.05) is 6.42 Å². The van der Waals surface area contributed by atoms with E-state index in [4.69, 9.17) is 9.72 Å². The normalized spacial score (nSPS) is 21.0. The zero-order valence-corrected chi connectivity index (χ0v) is 13.7. The minimum absolute atomic E-state index is 0.102. The molecule has 2 aliphatic rings. The molecule has 0 amide bonds. The quantitative estimate of drug-likeness (QED) is 0.756. The van der Waals surface area contributed by atoms with Crippen LogP contribution in [0.5, 0.6) is 0 Å². The van der Waals surface area contributed by atoms with Crippen LogP contribution in [0.3, 0.4) is 0 Å². The summed E-state index contributed by atoms with van der Waals surface area (Å²) in [6.07, 6.45) is 5.92. The average molecular weight is 308 g/mol. The summed E-state index contributed by atoms with van der Waals surface area (Å²) in [5.41, 5.74) is 0.987. The molecule has 116 valence electrons. The van der Waals surface area contributed by atoms with Gasteiger partial charge in [-0.25, -0.2) is 4.98 Å². The number of rotatable bonds is 6. The molecule has 0 bridgehead atoms. The minimum Gasteiger partial charge on any atom is -0.465 e. The van der Waals surface area contributed by atoms with E-state index in [1.54, 1.807) is 11.3 Å². The molecular formula is C16H24N2O2S. The Balaban J connectivity index is 1.73. The number of ether oxygens (including phenoxy) is 1. The summed E-state index contributed by atoms with van der Waals surface area (Å²) in [6.45, 7) is 6.61. The lowest BCUT2D eigenvalue weighted by Gasteiger charge is -2.31. The first kappa shape index (κ1) is 14.8. The second-order valence-corrected chi connectivity index (χ2v) is 7.05. The molecule has 1 saturated carbocycles. The van der Waals surface area contributed by atoms with Crippen LogP contribution < -0.4 is 4.90 Å². The van der Waals surface area contributed by atoms with Crippen molar-refractivity contribution >= 4 is 22.4 Å². The minimum atomic E-state index is -0.132. The van der Waals surface area contributed by atoms with Gasteiger partial charge in [-0.2, -0.15) is 0 Å². The smallest absolute Gasteiger partial charge is 0.315 e. The van der Waals surface area contributed by atoms with Gasteiger partial charge in [0.15, 0.2) is 5.13 Å². The third-order valence-corrected chi connectivity index (χ3v) is 5.82. The molecule has 1 aromatic rings. The third-order valence-electron chi connectivity index (χ3n) is 4.63. The summed E-state index contributed by atoms with van der Waals surface area (Å²) in [6, 6.07) is 0. The van der Waals surface area contributed by atoms with Crippen LogP contribution in [0, 0.1) is 5.92 Å². The highest BCUT2D eigenvalue weighted by molar-refractivity contribution is 7.15. The first-order valence-corrected chi connectivity index (χ1v) is 8.95. The van der Waals surface area contributed by atoms with Crippen LogP contribution in [-0.2, 0) is 16.0 Å². The molecule has 1 aromatic heterocycles. The van der Waals surface area contributed by atoms with Crippen molar-refractivity contribution in [2.24, 2.45) is 5.92 Å². The number of aryl methyl sites for hydroxylation is 1. The van der Waals surface area contributed by atoms with E-state index in [1.165, 1.54) is 24.1 Å². The number of thiazole rings is 1.